The van der Waals surface area contributed by atoms with E-state index in [-0.39, 0.29) is 42.7 Å². The van der Waals surface area contributed by atoms with Crippen LogP contribution in [0.5, 0.6) is 0 Å². The number of ether oxygens (including phenoxy) is 2. The second-order valence-electron chi connectivity index (χ2n) is 10.8. The lowest BCUT2D eigenvalue weighted by Gasteiger charge is -2.23. The molecule has 6 rings (SSSR count). The van der Waals surface area contributed by atoms with Gasteiger partial charge in [-0.3, -0.25) is 0 Å². The van der Waals surface area contributed by atoms with E-state index < -0.39 is 17.4 Å². The number of hydrogen-bond donors (Lipinski definition) is 2. The summed E-state index contributed by atoms with van der Waals surface area (Å²) in [4.78, 5) is 9.61. The highest BCUT2D eigenvalue weighted by atomic mass is 32.2. The number of hydrogen-bond acceptors (Lipinski definition) is 9. The maximum atomic E-state index is 13.8. The Hall–Kier alpha value is -2.41. The molecule has 2 N–H and O–H groups in total. The Kier molecular flexibility index (Phi) is 6.78. The molecule has 0 amide bonds. The number of anilines is 1. The van der Waals surface area contributed by atoms with Gasteiger partial charge in [0, 0.05) is 30.2 Å². The zero-order valence-electron chi connectivity index (χ0n) is 21.6. The molecule has 3 aliphatic rings. The van der Waals surface area contributed by atoms with Gasteiger partial charge in [-0.25, -0.2) is 23.4 Å². The molecule has 3 fully saturated rings. The smallest absolute Gasteiger partial charge is 0.191 e. The Labute approximate surface area is 223 Å². The maximum absolute atomic E-state index is 13.8. The molecule has 204 valence electrons. The van der Waals surface area contributed by atoms with Gasteiger partial charge < -0.3 is 19.9 Å². The van der Waals surface area contributed by atoms with E-state index in [0.29, 0.717) is 28.6 Å². The van der Waals surface area contributed by atoms with Gasteiger partial charge in [-0.2, -0.15) is 0 Å². The first-order chi connectivity index (χ1) is 18.3. The van der Waals surface area contributed by atoms with Crippen LogP contribution < -0.4 is 5.32 Å². The van der Waals surface area contributed by atoms with E-state index in [0.717, 1.165) is 30.6 Å². The molecule has 0 bridgehead atoms. The number of nitrogens with zero attached hydrogens (tertiary/aromatic N) is 5. The third kappa shape index (κ3) is 4.76. The lowest BCUT2D eigenvalue weighted by Crippen LogP contribution is -2.28. The Morgan fingerprint density at radius 3 is 2.74 bits per heavy atom. The number of thioether (sulfide) groups is 1. The standard InChI is InChI=1S/C26H32F2N6O3S/c1-4-5-8-38-25-30-23(29-18-11-15(18)13-6-7-16(27)17(28)9-13)20-24(31-25)34(33-32-20)19-10-14(12-35)21-22(19)37-26(2,3)36-21/h6-7,9,14-15,18-19,21-22,35H,4-5,8,10-12H2,1-3H3,(H,29,30,31)/t14-,15-,18+,19-,21-,22+/m0/s1. The first kappa shape index (κ1) is 25.8. The third-order valence-electron chi connectivity index (χ3n) is 7.62. The van der Waals surface area contributed by atoms with Crippen molar-refractivity contribution in [3.8, 4) is 0 Å². The molecule has 9 nitrogen and oxygen atoms in total. The van der Waals surface area contributed by atoms with Crippen LogP contribution in [0.3, 0.4) is 0 Å². The van der Waals surface area contributed by atoms with Crippen molar-refractivity contribution in [1.29, 1.82) is 0 Å². The van der Waals surface area contributed by atoms with Gasteiger partial charge in [0.05, 0.1) is 12.1 Å². The van der Waals surface area contributed by atoms with Gasteiger partial charge in [0.1, 0.15) is 6.10 Å². The maximum Gasteiger partial charge on any atom is 0.191 e. The zero-order valence-corrected chi connectivity index (χ0v) is 22.4. The molecule has 6 atom stereocenters. The van der Waals surface area contributed by atoms with E-state index in [1.807, 2.05) is 13.8 Å². The molecule has 0 spiro atoms. The molecule has 1 aliphatic heterocycles. The van der Waals surface area contributed by atoms with Crippen molar-refractivity contribution in [1.82, 2.24) is 25.0 Å². The first-order valence-electron chi connectivity index (χ1n) is 13.2. The van der Waals surface area contributed by atoms with Crippen molar-refractivity contribution < 1.29 is 23.4 Å². The Bertz CT molecular complexity index is 1340. The number of aliphatic hydroxyl groups excluding tert-OH is 1. The number of nitrogens with one attached hydrogen (secondary N) is 1. The van der Waals surface area contributed by atoms with Crippen LogP contribution in [-0.2, 0) is 9.47 Å². The van der Waals surface area contributed by atoms with Gasteiger partial charge in [0.2, 0.25) is 0 Å². The fourth-order valence-corrected chi connectivity index (χ4v) is 6.55. The largest absolute Gasteiger partial charge is 0.396 e. The fourth-order valence-electron chi connectivity index (χ4n) is 5.62. The number of aromatic nitrogens is 5. The SMILES string of the molecule is CCCCSc1nc(N[C@@H]2C[C@H]2c2ccc(F)c(F)c2)c2nnn([C@H]3C[C@@H](CO)[C@@H]4OC(C)(C)O[C@@H]43)c2n1. The number of fused-ring (bicyclic) bond motifs is 2. The summed E-state index contributed by atoms with van der Waals surface area (Å²) in [7, 11) is 0. The Morgan fingerprint density at radius 1 is 1.16 bits per heavy atom. The minimum absolute atomic E-state index is 0.00328. The average molecular weight is 547 g/mol. The zero-order chi connectivity index (χ0) is 26.6. The molecule has 3 heterocycles. The molecule has 1 aromatic carbocycles. The average Bonchev–Trinajstić information content (AvgIpc) is 3.21. The predicted molar refractivity (Wildman–Crippen MR) is 138 cm³/mol. The fraction of sp³-hybridized carbons (Fsp3) is 0.615. The van der Waals surface area contributed by atoms with Gasteiger partial charge in [0.15, 0.2) is 39.6 Å². The van der Waals surface area contributed by atoms with Gasteiger partial charge in [-0.05, 0) is 50.8 Å². The minimum Gasteiger partial charge on any atom is -0.396 e. The highest BCUT2D eigenvalue weighted by molar-refractivity contribution is 7.99. The molecule has 2 saturated carbocycles. The van der Waals surface area contributed by atoms with Crippen LogP contribution in [0.4, 0.5) is 14.6 Å². The highest BCUT2D eigenvalue weighted by Crippen LogP contribution is 2.48. The molecule has 0 radical (unpaired) electrons. The number of aliphatic hydroxyl groups is 1. The van der Waals surface area contributed by atoms with E-state index >= 15 is 0 Å². The lowest BCUT2D eigenvalue weighted by atomic mass is 10.1. The molecule has 1 saturated heterocycles. The van der Waals surface area contributed by atoms with E-state index in [1.54, 1.807) is 22.5 Å². The number of unbranched alkanes of at least 4 members (excludes halogenated alkanes) is 1. The summed E-state index contributed by atoms with van der Waals surface area (Å²) in [5, 5.41) is 23.0. The van der Waals surface area contributed by atoms with Crippen molar-refractivity contribution in [3.63, 3.8) is 0 Å². The van der Waals surface area contributed by atoms with Crippen molar-refractivity contribution in [2.75, 3.05) is 17.7 Å². The highest BCUT2D eigenvalue weighted by Gasteiger charge is 2.55. The summed E-state index contributed by atoms with van der Waals surface area (Å²) >= 11 is 1.58. The van der Waals surface area contributed by atoms with E-state index in [4.69, 9.17) is 19.4 Å². The van der Waals surface area contributed by atoms with Crippen LogP contribution in [0.25, 0.3) is 11.2 Å². The summed E-state index contributed by atoms with van der Waals surface area (Å²) in [5.41, 5.74) is 1.89. The van der Waals surface area contributed by atoms with Crippen molar-refractivity contribution in [2.45, 2.75) is 87.6 Å². The molecule has 0 unspecified atom stereocenters. The summed E-state index contributed by atoms with van der Waals surface area (Å²) < 4.78 is 41.4. The summed E-state index contributed by atoms with van der Waals surface area (Å²) in [6, 6.07) is 3.87. The van der Waals surface area contributed by atoms with Crippen LogP contribution >= 0.6 is 11.8 Å². The van der Waals surface area contributed by atoms with Crippen LogP contribution in [0, 0.1) is 17.6 Å². The minimum atomic E-state index is -0.848. The molecule has 2 aromatic heterocycles. The van der Waals surface area contributed by atoms with Crippen LogP contribution in [0.1, 0.15) is 64.0 Å². The second-order valence-corrected chi connectivity index (χ2v) is 11.9. The van der Waals surface area contributed by atoms with E-state index in [9.17, 15) is 13.9 Å². The van der Waals surface area contributed by atoms with Crippen molar-refractivity contribution in [2.24, 2.45) is 5.92 Å². The van der Waals surface area contributed by atoms with Crippen LogP contribution in [0.2, 0.25) is 0 Å². The van der Waals surface area contributed by atoms with E-state index in [2.05, 4.69) is 22.6 Å². The van der Waals surface area contributed by atoms with Gasteiger partial charge in [-0.15, -0.1) is 5.10 Å². The quantitative estimate of drug-likeness (QED) is 0.229. The molecule has 2 aliphatic carbocycles. The Morgan fingerprint density at radius 2 is 1.97 bits per heavy atom. The van der Waals surface area contributed by atoms with Gasteiger partial charge >= 0.3 is 0 Å². The lowest BCUT2D eigenvalue weighted by molar-refractivity contribution is -0.162. The first-order valence-corrected chi connectivity index (χ1v) is 14.2. The summed E-state index contributed by atoms with van der Waals surface area (Å²) in [6.45, 7) is 5.89. The van der Waals surface area contributed by atoms with Crippen LogP contribution in [-0.4, -0.2) is 66.5 Å². The molecular formula is C26H32F2N6O3S. The van der Waals surface area contributed by atoms with Gasteiger partial charge in [0.25, 0.3) is 0 Å². The molecular weight excluding hydrogens is 514 g/mol. The molecule has 12 heteroatoms. The predicted octanol–water partition coefficient (Wildman–Crippen LogP) is 4.43. The summed E-state index contributed by atoms with van der Waals surface area (Å²) in [5.74, 6) is -1.00. The van der Waals surface area contributed by atoms with Crippen molar-refractivity contribution in [3.05, 3.63) is 35.4 Å². The second kappa shape index (κ2) is 9.96. The topological polar surface area (TPSA) is 107 Å². The summed E-state index contributed by atoms with van der Waals surface area (Å²) in [6.07, 6.45) is 2.99. The normalized spacial score (nSPS) is 29.6. The van der Waals surface area contributed by atoms with Gasteiger partial charge in [-0.1, -0.05) is 36.4 Å². The molecule has 3 aromatic rings. The Balaban J connectivity index is 1.31. The number of rotatable bonds is 9. The van der Waals surface area contributed by atoms with Crippen LogP contribution in [0.15, 0.2) is 23.4 Å². The third-order valence-corrected chi connectivity index (χ3v) is 8.55. The number of benzene rings is 1. The van der Waals surface area contributed by atoms with Crippen molar-refractivity contribution >= 4 is 28.7 Å². The monoisotopic (exact) mass is 546 g/mol. The number of halogens is 2. The van der Waals surface area contributed by atoms with E-state index in [1.165, 1.54) is 12.1 Å². The molecule has 38 heavy (non-hydrogen) atoms.